The first-order valence-corrected chi connectivity index (χ1v) is 5.10. The normalized spacial score (nSPS) is 12.7. The number of aromatic amines is 1. The molecule has 0 saturated heterocycles. The molecule has 3 nitrogen and oxygen atoms in total. The number of hydrogen-bond donors (Lipinski definition) is 2. The lowest BCUT2D eigenvalue weighted by molar-refractivity contribution is 0.738. The largest absolute Gasteiger partial charge is 0.345 e. The second-order valence-electron chi connectivity index (χ2n) is 3.82. The SMILES string of the molecule is CC(N)Cc1ccc(-c2ncc[nH]2)cc1. The molecule has 0 amide bonds. The van der Waals surface area contributed by atoms with Gasteiger partial charge in [0.15, 0.2) is 0 Å². The van der Waals surface area contributed by atoms with Crippen molar-refractivity contribution >= 4 is 0 Å². The summed E-state index contributed by atoms with van der Waals surface area (Å²) in [6.07, 6.45) is 4.49. The maximum Gasteiger partial charge on any atom is 0.137 e. The Balaban J connectivity index is 2.17. The van der Waals surface area contributed by atoms with Crippen LogP contribution in [0.2, 0.25) is 0 Å². The van der Waals surface area contributed by atoms with Gasteiger partial charge in [0.05, 0.1) is 0 Å². The van der Waals surface area contributed by atoms with E-state index in [-0.39, 0.29) is 6.04 Å². The number of aromatic nitrogens is 2. The van der Waals surface area contributed by atoms with E-state index in [2.05, 4.69) is 34.2 Å². The summed E-state index contributed by atoms with van der Waals surface area (Å²) in [6, 6.07) is 8.54. The number of benzene rings is 1. The van der Waals surface area contributed by atoms with Crippen molar-refractivity contribution in [2.24, 2.45) is 5.73 Å². The summed E-state index contributed by atoms with van der Waals surface area (Å²) in [4.78, 5) is 7.27. The van der Waals surface area contributed by atoms with Crippen LogP contribution in [0.15, 0.2) is 36.7 Å². The predicted molar refractivity (Wildman–Crippen MR) is 61.4 cm³/mol. The molecule has 0 aliphatic rings. The first-order chi connectivity index (χ1) is 7.25. The molecule has 3 heteroatoms. The highest BCUT2D eigenvalue weighted by atomic mass is 14.9. The van der Waals surface area contributed by atoms with E-state index < -0.39 is 0 Å². The topological polar surface area (TPSA) is 54.7 Å². The van der Waals surface area contributed by atoms with Crippen molar-refractivity contribution < 1.29 is 0 Å². The van der Waals surface area contributed by atoms with Crippen molar-refractivity contribution in [1.29, 1.82) is 0 Å². The Morgan fingerprint density at radius 2 is 2.07 bits per heavy atom. The van der Waals surface area contributed by atoms with Gasteiger partial charge in [-0.25, -0.2) is 4.98 Å². The van der Waals surface area contributed by atoms with E-state index >= 15 is 0 Å². The summed E-state index contributed by atoms with van der Waals surface area (Å²) in [5.41, 5.74) is 8.11. The molecule has 1 atom stereocenters. The highest BCUT2D eigenvalue weighted by Gasteiger charge is 2.01. The number of rotatable bonds is 3. The second kappa shape index (κ2) is 4.28. The van der Waals surface area contributed by atoms with Gasteiger partial charge in [0, 0.05) is 24.0 Å². The van der Waals surface area contributed by atoms with Crippen LogP contribution in [-0.2, 0) is 6.42 Å². The summed E-state index contributed by atoms with van der Waals surface area (Å²) >= 11 is 0. The van der Waals surface area contributed by atoms with E-state index in [0.29, 0.717) is 0 Å². The van der Waals surface area contributed by atoms with Gasteiger partial charge in [-0.1, -0.05) is 24.3 Å². The maximum atomic E-state index is 5.74. The average molecular weight is 201 g/mol. The molecule has 0 saturated carbocycles. The Hall–Kier alpha value is -1.61. The number of hydrogen-bond acceptors (Lipinski definition) is 2. The van der Waals surface area contributed by atoms with E-state index in [9.17, 15) is 0 Å². The van der Waals surface area contributed by atoms with Crippen molar-refractivity contribution in [2.45, 2.75) is 19.4 Å². The number of nitrogens with zero attached hydrogens (tertiary/aromatic N) is 1. The van der Waals surface area contributed by atoms with Crippen LogP contribution in [0.25, 0.3) is 11.4 Å². The van der Waals surface area contributed by atoms with Gasteiger partial charge < -0.3 is 10.7 Å². The Morgan fingerprint density at radius 3 is 2.60 bits per heavy atom. The van der Waals surface area contributed by atoms with Crippen LogP contribution in [0.5, 0.6) is 0 Å². The monoisotopic (exact) mass is 201 g/mol. The van der Waals surface area contributed by atoms with Gasteiger partial charge in [-0.3, -0.25) is 0 Å². The molecule has 0 bridgehead atoms. The van der Waals surface area contributed by atoms with Crippen LogP contribution in [0.3, 0.4) is 0 Å². The van der Waals surface area contributed by atoms with Crippen molar-refractivity contribution in [3.05, 3.63) is 42.2 Å². The molecule has 1 aromatic carbocycles. The summed E-state index contributed by atoms with van der Waals surface area (Å²) < 4.78 is 0. The molecule has 0 fully saturated rings. The number of H-pyrrole nitrogens is 1. The van der Waals surface area contributed by atoms with Gasteiger partial charge >= 0.3 is 0 Å². The molecule has 2 rings (SSSR count). The van der Waals surface area contributed by atoms with Gasteiger partial charge in [-0.2, -0.15) is 0 Å². The second-order valence-corrected chi connectivity index (χ2v) is 3.82. The van der Waals surface area contributed by atoms with Gasteiger partial charge in [-0.05, 0) is 18.9 Å². The van der Waals surface area contributed by atoms with Crippen LogP contribution in [0, 0.1) is 0 Å². The first kappa shape index (κ1) is 9.93. The molecule has 0 aliphatic carbocycles. The van der Waals surface area contributed by atoms with Crippen LogP contribution < -0.4 is 5.73 Å². The van der Waals surface area contributed by atoms with Crippen molar-refractivity contribution in [2.75, 3.05) is 0 Å². The minimum absolute atomic E-state index is 0.208. The highest BCUT2D eigenvalue weighted by molar-refractivity contribution is 5.55. The van der Waals surface area contributed by atoms with Crippen LogP contribution in [0.1, 0.15) is 12.5 Å². The third-order valence-corrected chi connectivity index (χ3v) is 2.28. The van der Waals surface area contributed by atoms with Gasteiger partial charge in [0.25, 0.3) is 0 Å². The molecular formula is C12H15N3. The minimum atomic E-state index is 0.208. The Morgan fingerprint density at radius 1 is 1.33 bits per heavy atom. The molecule has 0 aliphatic heterocycles. The van der Waals surface area contributed by atoms with Crippen LogP contribution in [0.4, 0.5) is 0 Å². The fourth-order valence-corrected chi connectivity index (χ4v) is 1.59. The quantitative estimate of drug-likeness (QED) is 0.797. The summed E-state index contributed by atoms with van der Waals surface area (Å²) in [6.45, 7) is 2.01. The number of nitrogens with two attached hydrogens (primary N) is 1. The lowest BCUT2D eigenvalue weighted by Crippen LogP contribution is -2.17. The summed E-state index contributed by atoms with van der Waals surface area (Å²) in [5.74, 6) is 0.905. The van der Waals surface area contributed by atoms with E-state index in [4.69, 9.17) is 5.73 Å². The fraction of sp³-hybridized carbons (Fsp3) is 0.250. The Labute approximate surface area is 89.4 Å². The molecular weight excluding hydrogens is 186 g/mol. The zero-order chi connectivity index (χ0) is 10.7. The molecule has 1 heterocycles. The molecule has 3 N–H and O–H groups in total. The average Bonchev–Trinajstić information content (AvgIpc) is 2.71. The molecule has 1 aromatic heterocycles. The van der Waals surface area contributed by atoms with Gasteiger partial charge in [0.2, 0.25) is 0 Å². The lowest BCUT2D eigenvalue weighted by atomic mass is 10.1. The molecule has 2 aromatic rings. The molecule has 15 heavy (non-hydrogen) atoms. The Kier molecular flexibility index (Phi) is 2.83. The number of imidazole rings is 1. The molecule has 0 radical (unpaired) electrons. The van der Waals surface area contributed by atoms with E-state index in [1.807, 2.05) is 13.1 Å². The smallest absolute Gasteiger partial charge is 0.137 e. The number of nitrogens with one attached hydrogen (secondary N) is 1. The standard InChI is InChI=1S/C12H15N3/c1-9(13)8-10-2-4-11(5-3-10)12-14-6-7-15-12/h2-7,9H,8,13H2,1H3,(H,14,15). The predicted octanol–water partition coefficient (Wildman–Crippen LogP) is 1.97. The van der Waals surface area contributed by atoms with Crippen LogP contribution in [-0.4, -0.2) is 16.0 Å². The highest BCUT2D eigenvalue weighted by Crippen LogP contribution is 2.15. The molecule has 78 valence electrons. The van der Waals surface area contributed by atoms with Crippen molar-refractivity contribution in [3.63, 3.8) is 0 Å². The third-order valence-electron chi connectivity index (χ3n) is 2.28. The van der Waals surface area contributed by atoms with Crippen molar-refractivity contribution in [3.8, 4) is 11.4 Å². The summed E-state index contributed by atoms with van der Waals surface area (Å²) in [5, 5.41) is 0. The van der Waals surface area contributed by atoms with Gasteiger partial charge in [-0.15, -0.1) is 0 Å². The molecule has 0 spiro atoms. The third kappa shape index (κ3) is 2.44. The lowest BCUT2D eigenvalue weighted by Gasteiger charge is -2.05. The van der Waals surface area contributed by atoms with E-state index in [0.717, 1.165) is 17.8 Å². The fourth-order valence-electron chi connectivity index (χ4n) is 1.59. The van der Waals surface area contributed by atoms with E-state index in [1.54, 1.807) is 6.20 Å². The van der Waals surface area contributed by atoms with Crippen molar-refractivity contribution in [1.82, 2.24) is 9.97 Å². The minimum Gasteiger partial charge on any atom is -0.345 e. The Bertz CT molecular complexity index is 401. The van der Waals surface area contributed by atoms with Gasteiger partial charge in [0.1, 0.15) is 5.82 Å². The zero-order valence-electron chi connectivity index (χ0n) is 8.77. The maximum absolute atomic E-state index is 5.74. The van der Waals surface area contributed by atoms with E-state index in [1.165, 1.54) is 5.56 Å². The van der Waals surface area contributed by atoms with Crippen LogP contribution >= 0.6 is 0 Å². The first-order valence-electron chi connectivity index (χ1n) is 5.10. The molecule has 1 unspecified atom stereocenters. The summed E-state index contributed by atoms with van der Waals surface area (Å²) in [7, 11) is 0. The zero-order valence-corrected chi connectivity index (χ0v) is 8.77.